The Balaban J connectivity index is 2.04. The molecule has 3 rings (SSSR count). The third kappa shape index (κ3) is 2.21. The normalized spacial score (nSPS) is 14.7. The van der Waals surface area contributed by atoms with Gasteiger partial charge in [0.2, 0.25) is 0 Å². The van der Waals surface area contributed by atoms with Crippen LogP contribution in [-0.2, 0) is 0 Å². The third-order valence-corrected chi connectivity index (χ3v) is 4.61. The van der Waals surface area contributed by atoms with E-state index >= 15 is 0 Å². The van der Waals surface area contributed by atoms with E-state index in [0.29, 0.717) is 5.92 Å². The highest BCUT2D eigenvalue weighted by Gasteiger charge is 2.31. The number of rotatable bonds is 3. The van der Waals surface area contributed by atoms with Crippen molar-refractivity contribution in [2.45, 2.75) is 32.6 Å². The molecule has 4 heteroatoms. The van der Waals surface area contributed by atoms with Crippen LogP contribution in [0.4, 0.5) is 0 Å². The number of benzene rings is 1. The van der Waals surface area contributed by atoms with E-state index in [1.54, 1.807) is 6.20 Å². The molecule has 0 spiro atoms. The van der Waals surface area contributed by atoms with Gasteiger partial charge >= 0.3 is 0 Å². The molecule has 1 aliphatic rings. The van der Waals surface area contributed by atoms with E-state index < -0.39 is 0 Å². The predicted molar refractivity (Wildman–Crippen MR) is 80.2 cm³/mol. The lowest BCUT2D eigenvalue weighted by Gasteiger charge is -2.11. The van der Waals surface area contributed by atoms with E-state index in [1.165, 1.54) is 12.8 Å². The van der Waals surface area contributed by atoms with Crippen molar-refractivity contribution >= 4 is 28.7 Å². The van der Waals surface area contributed by atoms with Crippen molar-refractivity contribution in [1.29, 1.82) is 0 Å². The van der Waals surface area contributed by atoms with Crippen molar-refractivity contribution in [3.8, 4) is 0 Å². The van der Waals surface area contributed by atoms with E-state index in [1.807, 2.05) is 26.0 Å². The van der Waals surface area contributed by atoms with E-state index in [4.69, 9.17) is 28.3 Å². The zero-order valence-electron chi connectivity index (χ0n) is 10.9. The molecule has 0 N–H and O–H groups in total. The van der Waals surface area contributed by atoms with Crippen LogP contribution in [0.25, 0.3) is 0 Å². The second-order valence-corrected chi connectivity index (χ2v) is 5.87. The number of hydrogen-bond acceptors (Lipinski definition) is 3. The average molecular weight is 292 g/mol. The number of thiocarbonyl (C=S) groups is 1. The molecule has 1 aromatic heterocycles. The largest absolute Gasteiger partial charge is 0.360 e. The molecule has 2 nitrogen and oxygen atoms in total. The Morgan fingerprint density at radius 1 is 1.26 bits per heavy atom. The fourth-order valence-electron chi connectivity index (χ4n) is 2.24. The van der Waals surface area contributed by atoms with Gasteiger partial charge in [0, 0.05) is 10.9 Å². The molecule has 1 fully saturated rings. The summed E-state index contributed by atoms with van der Waals surface area (Å²) in [5.41, 5.74) is 4.20. The molecule has 1 heterocycles. The van der Waals surface area contributed by atoms with E-state index in [9.17, 15) is 0 Å². The maximum atomic E-state index is 6.13. The smallest absolute Gasteiger partial charge is 0.148 e. The molecular formula is C15H14ClNOS. The summed E-state index contributed by atoms with van der Waals surface area (Å²) in [6.45, 7) is 4.06. The van der Waals surface area contributed by atoms with Gasteiger partial charge in [-0.1, -0.05) is 35.0 Å². The van der Waals surface area contributed by atoms with Gasteiger partial charge in [0.05, 0.1) is 16.6 Å². The van der Waals surface area contributed by atoms with Crippen molar-refractivity contribution in [3.63, 3.8) is 0 Å². The first-order chi connectivity index (χ1) is 9.09. The molecule has 1 aliphatic carbocycles. The summed E-state index contributed by atoms with van der Waals surface area (Å²) < 4.78 is 5.36. The van der Waals surface area contributed by atoms with Crippen LogP contribution in [0.2, 0.25) is 5.02 Å². The Hall–Kier alpha value is -1.19. The molecule has 0 radical (unpaired) electrons. The van der Waals surface area contributed by atoms with Gasteiger partial charge in [-0.3, -0.25) is 0 Å². The van der Waals surface area contributed by atoms with Gasteiger partial charge in [0.1, 0.15) is 5.76 Å². The highest BCUT2D eigenvalue weighted by Crippen LogP contribution is 2.42. The lowest BCUT2D eigenvalue weighted by molar-refractivity contribution is 0.384. The van der Waals surface area contributed by atoms with Crippen LogP contribution in [0.5, 0.6) is 0 Å². The molecule has 1 aromatic carbocycles. The van der Waals surface area contributed by atoms with E-state index in [0.717, 1.165) is 37.9 Å². The van der Waals surface area contributed by atoms with Crippen molar-refractivity contribution in [2.75, 3.05) is 0 Å². The minimum atomic E-state index is 0.504. The van der Waals surface area contributed by atoms with Crippen LogP contribution in [0.3, 0.4) is 0 Å². The van der Waals surface area contributed by atoms with E-state index in [-0.39, 0.29) is 0 Å². The maximum Gasteiger partial charge on any atom is 0.148 e. The number of nitrogens with zero attached hydrogens (tertiary/aromatic N) is 1. The first-order valence-electron chi connectivity index (χ1n) is 6.34. The molecule has 2 aromatic rings. The Morgan fingerprint density at radius 2 is 2.00 bits per heavy atom. The van der Waals surface area contributed by atoms with Gasteiger partial charge < -0.3 is 4.52 Å². The quantitative estimate of drug-likeness (QED) is 0.611. The van der Waals surface area contributed by atoms with Gasteiger partial charge in [0.15, 0.2) is 0 Å². The van der Waals surface area contributed by atoms with Crippen LogP contribution < -0.4 is 0 Å². The molecular weight excluding hydrogens is 278 g/mol. The van der Waals surface area contributed by atoms with Crippen molar-refractivity contribution in [1.82, 2.24) is 5.16 Å². The molecule has 98 valence electrons. The molecule has 19 heavy (non-hydrogen) atoms. The fraction of sp³-hybridized carbons (Fsp3) is 0.333. The molecule has 0 atom stereocenters. The minimum Gasteiger partial charge on any atom is -0.360 e. The van der Waals surface area contributed by atoms with Crippen LogP contribution in [0.1, 0.15) is 46.8 Å². The number of hydrogen-bond donors (Lipinski definition) is 0. The lowest BCUT2D eigenvalue weighted by Crippen LogP contribution is -2.05. The Labute approximate surface area is 122 Å². The van der Waals surface area contributed by atoms with Gasteiger partial charge in [-0.15, -0.1) is 0 Å². The number of aromatic nitrogens is 1. The van der Waals surface area contributed by atoms with Crippen molar-refractivity contribution < 1.29 is 4.52 Å². The predicted octanol–water partition coefficient (Wildman–Crippen LogP) is 4.59. The fourth-order valence-corrected chi connectivity index (χ4v) is 2.82. The maximum absolute atomic E-state index is 6.13. The first kappa shape index (κ1) is 12.8. The topological polar surface area (TPSA) is 26.0 Å². The minimum absolute atomic E-state index is 0.504. The van der Waals surface area contributed by atoms with E-state index in [2.05, 4.69) is 5.16 Å². The molecule has 0 aliphatic heterocycles. The van der Waals surface area contributed by atoms with Crippen LogP contribution >= 0.6 is 23.8 Å². The molecule has 0 unspecified atom stereocenters. The Kier molecular flexibility index (Phi) is 3.19. The van der Waals surface area contributed by atoms with Crippen LogP contribution in [0, 0.1) is 13.8 Å². The second kappa shape index (κ2) is 4.73. The average Bonchev–Trinajstić information content (AvgIpc) is 3.13. The molecule has 0 amide bonds. The summed E-state index contributed by atoms with van der Waals surface area (Å²) >= 11 is 11.8. The summed E-state index contributed by atoms with van der Waals surface area (Å²) in [7, 11) is 0. The Bertz CT molecular complexity index is 658. The molecule has 1 saturated carbocycles. The zero-order chi connectivity index (χ0) is 13.6. The van der Waals surface area contributed by atoms with Gasteiger partial charge in [-0.2, -0.15) is 0 Å². The summed E-state index contributed by atoms with van der Waals surface area (Å²) in [6, 6.07) is 3.88. The SMILES string of the molecule is Cc1c(Cl)ccc(C(=S)c2cnoc2C2CC2)c1C. The van der Waals surface area contributed by atoms with Crippen molar-refractivity contribution in [2.24, 2.45) is 0 Å². The summed E-state index contributed by atoms with van der Waals surface area (Å²) in [5.74, 6) is 1.45. The summed E-state index contributed by atoms with van der Waals surface area (Å²) in [4.78, 5) is 0.806. The summed E-state index contributed by atoms with van der Waals surface area (Å²) in [5, 5.41) is 4.69. The van der Waals surface area contributed by atoms with Gasteiger partial charge in [-0.25, -0.2) is 0 Å². The lowest BCUT2D eigenvalue weighted by atomic mass is 9.97. The van der Waals surface area contributed by atoms with Crippen LogP contribution in [-0.4, -0.2) is 10.0 Å². The third-order valence-electron chi connectivity index (χ3n) is 3.76. The second-order valence-electron chi connectivity index (χ2n) is 5.05. The number of halogens is 1. The molecule has 0 bridgehead atoms. The zero-order valence-corrected chi connectivity index (χ0v) is 12.4. The highest BCUT2D eigenvalue weighted by molar-refractivity contribution is 7.81. The van der Waals surface area contributed by atoms with Gasteiger partial charge in [-0.05, 0) is 49.4 Å². The van der Waals surface area contributed by atoms with Crippen molar-refractivity contribution in [3.05, 3.63) is 51.4 Å². The highest BCUT2D eigenvalue weighted by atomic mass is 35.5. The standard InChI is InChI=1S/C15H14ClNOS/c1-8-9(2)13(16)6-5-11(8)15(19)12-7-17-18-14(12)10-3-4-10/h5-7,10H,3-4H2,1-2H3. The van der Waals surface area contributed by atoms with Gasteiger partial charge in [0.25, 0.3) is 0 Å². The summed E-state index contributed by atoms with van der Waals surface area (Å²) in [6.07, 6.45) is 4.08. The first-order valence-corrected chi connectivity index (χ1v) is 7.13. The molecule has 0 saturated heterocycles. The van der Waals surface area contributed by atoms with Crippen LogP contribution in [0.15, 0.2) is 22.9 Å². The monoisotopic (exact) mass is 291 g/mol. The Morgan fingerprint density at radius 3 is 2.68 bits per heavy atom.